The number of hydrogen-bond acceptors (Lipinski definition) is 4. The van der Waals surface area contributed by atoms with E-state index in [0.29, 0.717) is 25.7 Å². The molecular formula is C17H19FINO3. The Kier molecular flexibility index (Phi) is 5.25. The molecule has 23 heavy (non-hydrogen) atoms. The Morgan fingerprint density at radius 1 is 1.35 bits per heavy atom. The molecule has 1 aromatic carbocycles. The summed E-state index contributed by atoms with van der Waals surface area (Å²) in [5.41, 5.74) is 1.14. The maximum absolute atomic E-state index is 14.2. The fourth-order valence-electron chi connectivity index (χ4n) is 2.35. The molecule has 0 fully saturated rings. The van der Waals surface area contributed by atoms with Crippen molar-refractivity contribution in [2.45, 2.75) is 39.4 Å². The van der Waals surface area contributed by atoms with E-state index in [-0.39, 0.29) is 5.82 Å². The van der Waals surface area contributed by atoms with Crippen LogP contribution in [0.1, 0.15) is 38.1 Å². The van der Waals surface area contributed by atoms with Crippen LogP contribution in [0.2, 0.25) is 0 Å². The molecule has 0 spiro atoms. The number of methoxy groups -OCH3 is 1. The van der Waals surface area contributed by atoms with E-state index in [1.807, 2.05) is 43.4 Å². The topological polar surface area (TPSA) is 48.4 Å². The minimum Gasteiger partial charge on any atom is -0.467 e. The number of esters is 1. The first-order valence-electron chi connectivity index (χ1n) is 7.15. The van der Waals surface area contributed by atoms with Gasteiger partial charge in [0.15, 0.2) is 6.10 Å². The molecule has 0 saturated carbocycles. The first kappa shape index (κ1) is 18.1. The number of aromatic nitrogens is 1. The molecule has 0 unspecified atom stereocenters. The van der Waals surface area contributed by atoms with Crippen molar-refractivity contribution in [3.63, 3.8) is 0 Å². The van der Waals surface area contributed by atoms with Crippen LogP contribution in [-0.4, -0.2) is 23.7 Å². The second kappa shape index (κ2) is 6.68. The molecule has 2 aromatic rings. The zero-order valence-electron chi connectivity index (χ0n) is 13.7. The van der Waals surface area contributed by atoms with Crippen LogP contribution in [0.3, 0.4) is 0 Å². The third-order valence-electron chi connectivity index (χ3n) is 3.27. The summed E-state index contributed by atoms with van der Waals surface area (Å²) in [6.45, 7) is 7.32. The van der Waals surface area contributed by atoms with E-state index in [1.165, 1.54) is 13.2 Å². The zero-order valence-corrected chi connectivity index (χ0v) is 15.9. The van der Waals surface area contributed by atoms with Crippen LogP contribution in [0.5, 0.6) is 0 Å². The van der Waals surface area contributed by atoms with Crippen LogP contribution in [0.15, 0.2) is 18.2 Å². The van der Waals surface area contributed by atoms with Gasteiger partial charge in [0.05, 0.1) is 18.2 Å². The first-order valence-corrected chi connectivity index (χ1v) is 8.23. The summed E-state index contributed by atoms with van der Waals surface area (Å²) < 4.78 is 25.6. The molecule has 0 amide bonds. The molecule has 4 nitrogen and oxygen atoms in total. The normalized spacial score (nSPS) is 13.2. The van der Waals surface area contributed by atoms with Gasteiger partial charge in [-0.25, -0.2) is 9.18 Å². The van der Waals surface area contributed by atoms with Gasteiger partial charge in [-0.1, -0.05) is 6.07 Å². The van der Waals surface area contributed by atoms with E-state index in [0.717, 1.165) is 0 Å². The number of benzene rings is 1. The predicted molar refractivity (Wildman–Crippen MR) is 94.8 cm³/mol. The van der Waals surface area contributed by atoms with Crippen LogP contribution >= 0.6 is 22.6 Å². The lowest BCUT2D eigenvalue weighted by atomic mass is 10.0. The Hall–Kier alpha value is -1.28. The van der Waals surface area contributed by atoms with Crippen molar-refractivity contribution in [2.75, 3.05) is 7.11 Å². The molecule has 0 bridgehead atoms. The van der Waals surface area contributed by atoms with Crippen molar-refractivity contribution in [1.29, 1.82) is 0 Å². The van der Waals surface area contributed by atoms with Crippen molar-refractivity contribution >= 4 is 39.5 Å². The maximum Gasteiger partial charge on any atom is 0.339 e. The second-order valence-electron chi connectivity index (χ2n) is 6.19. The number of halogens is 2. The highest BCUT2D eigenvalue weighted by molar-refractivity contribution is 14.1. The molecule has 0 saturated heterocycles. The van der Waals surface area contributed by atoms with E-state index >= 15 is 0 Å². The van der Waals surface area contributed by atoms with Crippen molar-refractivity contribution in [1.82, 2.24) is 4.98 Å². The average molecular weight is 431 g/mol. The number of aryl methyl sites for hydroxylation is 1. The number of rotatable bonds is 3. The van der Waals surface area contributed by atoms with Gasteiger partial charge in [0, 0.05) is 20.2 Å². The lowest BCUT2D eigenvalue weighted by molar-refractivity contribution is -0.164. The van der Waals surface area contributed by atoms with Gasteiger partial charge in [-0.2, -0.15) is 0 Å². The summed E-state index contributed by atoms with van der Waals surface area (Å²) in [6, 6.07) is 4.74. The highest BCUT2D eigenvalue weighted by Crippen LogP contribution is 2.35. The lowest BCUT2D eigenvalue weighted by Gasteiger charge is -2.27. The number of ether oxygens (including phenoxy) is 2. The molecule has 2 rings (SSSR count). The third kappa shape index (κ3) is 3.80. The van der Waals surface area contributed by atoms with Gasteiger partial charge < -0.3 is 9.47 Å². The average Bonchev–Trinajstić information content (AvgIpc) is 2.43. The van der Waals surface area contributed by atoms with Gasteiger partial charge in [0.25, 0.3) is 0 Å². The molecule has 0 radical (unpaired) electrons. The summed E-state index contributed by atoms with van der Waals surface area (Å²) >= 11 is 2.04. The minimum atomic E-state index is -0.955. The molecule has 0 aliphatic rings. The number of nitrogens with zero attached hydrogens (tertiary/aromatic N) is 1. The number of carbonyl (C=O) groups excluding carboxylic acids is 1. The summed E-state index contributed by atoms with van der Waals surface area (Å²) in [7, 11) is 1.30. The van der Waals surface area contributed by atoms with E-state index in [2.05, 4.69) is 4.98 Å². The van der Waals surface area contributed by atoms with E-state index in [9.17, 15) is 9.18 Å². The van der Waals surface area contributed by atoms with Crippen LogP contribution in [0, 0.1) is 16.3 Å². The number of carbonyl (C=O) groups is 1. The summed E-state index contributed by atoms with van der Waals surface area (Å²) in [5, 5.41) is 0.389. The quantitative estimate of drug-likeness (QED) is 0.537. The van der Waals surface area contributed by atoms with Crippen LogP contribution in [-0.2, 0) is 14.3 Å². The number of fused-ring (bicyclic) bond motifs is 1. The van der Waals surface area contributed by atoms with Crippen LogP contribution < -0.4 is 0 Å². The Morgan fingerprint density at radius 2 is 2.00 bits per heavy atom. The Labute approximate surface area is 148 Å². The molecule has 124 valence electrons. The molecule has 0 aliphatic carbocycles. The highest BCUT2D eigenvalue weighted by Gasteiger charge is 2.32. The van der Waals surface area contributed by atoms with Gasteiger partial charge >= 0.3 is 5.97 Å². The van der Waals surface area contributed by atoms with Crippen molar-refractivity contribution in [3.8, 4) is 0 Å². The molecule has 6 heteroatoms. The molecule has 1 aromatic heterocycles. The largest absolute Gasteiger partial charge is 0.467 e. The minimum absolute atomic E-state index is 0.375. The molecule has 1 heterocycles. The maximum atomic E-state index is 14.2. The SMILES string of the molecule is COC(=O)[C@@H](OC(C)(C)C)c1c(C)nc2cccc(F)c2c1I. The number of hydrogen-bond donors (Lipinski definition) is 0. The predicted octanol–water partition coefficient (Wildman–Crippen LogP) is 4.32. The van der Waals surface area contributed by atoms with Crippen LogP contribution in [0.25, 0.3) is 10.9 Å². The summed E-state index contributed by atoms with van der Waals surface area (Å²) in [6.07, 6.45) is -0.955. The Bertz CT molecular complexity index is 756. The lowest BCUT2D eigenvalue weighted by Crippen LogP contribution is -2.29. The van der Waals surface area contributed by atoms with Gasteiger partial charge in [0.1, 0.15) is 5.82 Å². The van der Waals surface area contributed by atoms with Gasteiger partial charge in [-0.3, -0.25) is 4.98 Å². The van der Waals surface area contributed by atoms with E-state index in [1.54, 1.807) is 19.1 Å². The molecule has 0 N–H and O–H groups in total. The van der Waals surface area contributed by atoms with Gasteiger partial charge in [-0.05, 0) is 62.4 Å². The Balaban J connectivity index is 2.72. The highest BCUT2D eigenvalue weighted by atomic mass is 127. The second-order valence-corrected chi connectivity index (χ2v) is 7.27. The van der Waals surface area contributed by atoms with E-state index in [4.69, 9.17) is 9.47 Å². The van der Waals surface area contributed by atoms with Gasteiger partial charge in [-0.15, -0.1) is 0 Å². The van der Waals surface area contributed by atoms with E-state index < -0.39 is 17.7 Å². The Morgan fingerprint density at radius 3 is 2.57 bits per heavy atom. The summed E-state index contributed by atoms with van der Waals surface area (Å²) in [4.78, 5) is 16.7. The molecule has 1 atom stereocenters. The number of pyridine rings is 1. The fourth-order valence-corrected chi connectivity index (χ4v) is 3.55. The third-order valence-corrected chi connectivity index (χ3v) is 4.39. The standard InChI is InChI=1S/C17H19FINO3/c1-9-12(15(16(21)22-5)23-17(2,3)4)14(19)13-10(18)7-6-8-11(13)20-9/h6-8,15H,1-5H3/t15-/m0/s1. The van der Waals surface area contributed by atoms with Crippen molar-refractivity contribution < 1.29 is 18.7 Å². The van der Waals surface area contributed by atoms with Crippen molar-refractivity contribution in [3.05, 3.63) is 38.8 Å². The molecule has 0 aliphatic heterocycles. The van der Waals surface area contributed by atoms with Crippen LogP contribution in [0.4, 0.5) is 4.39 Å². The zero-order chi connectivity index (χ0) is 17.4. The summed E-state index contributed by atoms with van der Waals surface area (Å²) in [5.74, 6) is -0.904. The first-order chi connectivity index (χ1) is 10.7. The van der Waals surface area contributed by atoms with Crippen molar-refractivity contribution in [2.24, 2.45) is 0 Å². The van der Waals surface area contributed by atoms with Gasteiger partial charge in [0.2, 0.25) is 0 Å². The smallest absolute Gasteiger partial charge is 0.339 e. The molecular weight excluding hydrogens is 412 g/mol. The monoisotopic (exact) mass is 431 g/mol. The fraction of sp³-hybridized carbons (Fsp3) is 0.412.